The van der Waals surface area contributed by atoms with Crippen LogP contribution in [0.25, 0.3) is 22.0 Å². The molecule has 0 aliphatic carbocycles. The summed E-state index contributed by atoms with van der Waals surface area (Å²) in [5.41, 5.74) is 5.03. The molecule has 0 bridgehead atoms. The Balaban J connectivity index is 1.24. The Morgan fingerprint density at radius 3 is 2.48 bits per heavy atom. The van der Waals surface area contributed by atoms with E-state index in [-0.39, 0.29) is 11.8 Å². The van der Waals surface area contributed by atoms with E-state index in [1.165, 1.54) is 25.9 Å². The van der Waals surface area contributed by atoms with Crippen LogP contribution in [0.4, 0.5) is 5.69 Å². The van der Waals surface area contributed by atoms with Gasteiger partial charge in [-0.05, 0) is 106 Å². The molecule has 274 valence electrons. The minimum Gasteiger partial charge on any atom is -0.350 e. The van der Waals surface area contributed by atoms with Crippen LogP contribution in [0.3, 0.4) is 0 Å². The molecule has 2 fully saturated rings. The van der Waals surface area contributed by atoms with Crippen molar-refractivity contribution >= 4 is 34.3 Å². The Bertz CT molecular complexity index is 1890. The van der Waals surface area contributed by atoms with Crippen molar-refractivity contribution in [1.29, 1.82) is 0 Å². The Morgan fingerprint density at radius 2 is 1.77 bits per heavy atom. The van der Waals surface area contributed by atoms with E-state index in [0.29, 0.717) is 36.2 Å². The van der Waals surface area contributed by atoms with E-state index in [0.717, 1.165) is 64.8 Å². The molecule has 3 aromatic rings. The van der Waals surface area contributed by atoms with Crippen molar-refractivity contribution in [2.45, 2.75) is 46.1 Å². The standard InChI is InChI=1S/C41H54N10O/c1-7-33(29(2)3)38-46-40(50-25-19-41(20-26-50)17-23-49(6)24-18-41)47-39(51(38)42)44-28-31-11-8-9-12-34(31)37-35-15-14-32(27-30(35)16-21-43-37)45-36(52)13-10-22-48(4)5/h7-16,21,27,29H,1,17-20,22-26,28,42H2,2-6H3,(H,45,52)(H,44,46,47)/b13-10+,38-33+. The first-order chi connectivity index (χ1) is 25.1. The lowest BCUT2D eigenvalue weighted by atomic mass is 9.71. The number of hydrogen-bond donors (Lipinski definition) is 3. The summed E-state index contributed by atoms with van der Waals surface area (Å²) in [6.07, 6.45) is 11.9. The Labute approximate surface area is 308 Å². The van der Waals surface area contributed by atoms with Gasteiger partial charge in [0.2, 0.25) is 17.8 Å². The average Bonchev–Trinajstić information content (AvgIpc) is 3.13. The van der Waals surface area contributed by atoms with Gasteiger partial charge in [-0.1, -0.05) is 62.9 Å². The summed E-state index contributed by atoms with van der Waals surface area (Å²) in [5.74, 6) is 8.71. The van der Waals surface area contributed by atoms with Crippen LogP contribution < -0.4 is 16.5 Å². The third kappa shape index (κ3) is 8.44. The molecule has 11 heteroatoms. The Kier molecular flexibility index (Phi) is 11.5. The minimum atomic E-state index is -0.159. The van der Waals surface area contributed by atoms with Crippen LogP contribution in [0.15, 0.2) is 101 Å². The van der Waals surface area contributed by atoms with Gasteiger partial charge >= 0.3 is 0 Å². The van der Waals surface area contributed by atoms with Gasteiger partial charge in [0.15, 0.2) is 5.82 Å². The number of nitrogens with two attached hydrogens (primary N) is 1. The highest BCUT2D eigenvalue weighted by Crippen LogP contribution is 2.41. The molecule has 1 spiro atoms. The van der Waals surface area contributed by atoms with Crippen LogP contribution in [0.5, 0.6) is 0 Å². The fourth-order valence-corrected chi connectivity index (χ4v) is 7.36. The van der Waals surface area contributed by atoms with Gasteiger partial charge in [-0.25, -0.2) is 10.9 Å². The summed E-state index contributed by atoms with van der Waals surface area (Å²) >= 11 is 0. The van der Waals surface area contributed by atoms with E-state index in [9.17, 15) is 4.79 Å². The minimum absolute atomic E-state index is 0.159. The number of likely N-dealkylation sites (tertiary alicyclic amines) is 2. The van der Waals surface area contributed by atoms with Gasteiger partial charge in [-0.15, -0.1) is 0 Å². The maximum Gasteiger partial charge on any atom is 0.248 e. The first-order valence-electron chi connectivity index (χ1n) is 18.4. The zero-order valence-electron chi connectivity index (χ0n) is 31.4. The number of hydrazine groups is 1. The number of allylic oxidation sites excluding steroid dienone is 2. The van der Waals surface area contributed by atoms with Crippen molar-refractivity contribution < 1.29 is 4.79 Å². The number of amides is 1. The van der Waals surface area contributed by atoms with Crippen LogP contribution in [-0.4, -0.2) is 96.4 Å². The molecule has 0 radical (unpaired) electrons. The molecule has 52 heavy (non-hydrogen) atoms. The number of hydrogen-bond acceptors (Lipinski definition) is 10. The third-order valence-corrected chi connectivity index (χ3v) is 10.6. The van der Waals surface area contributed by atoms with Gasteiger partial charge in [0.25, 0.3) is 0 Å². The number of benzene rings is 2. The number of carbonyl (C=O) groups is 1. The van der Waals surface area contributed by atoms with Crippen LogP contribution in [0.2, 0.25) is 0 Å². The monoisotopic (exact) mass is 702 g/mol. The number of guanidine groups is 2. The SMILES string of the molecule is C=C/C(=C1/N=C(N2CCC3(CCN(C)CC3)CC2)N=C(NCc2ccccc2-c2nccc3cc(NC(=O)/C=C/CN(C)C)ccc23)N1N)C(C)C. The van der Waals surface area contributed by atoms with Gasteiger partial charge in [-0.2, -0.15) is 9.98 Å². The number of likely N-dealkylation sites (N-methyl/N-ethyl adjacent to an activating group) is 1. The highest BCUT2D eigenvalue weighted by Gasteiger charge is 2.38. The van der Waals surface area contributed by atoms with Crippen molar-refractivity contribution in [2.24, 2.45) is 27.2 Å². The predicted octanol–water partition coefficient (Wildman–Crippen LogP) is 5.81. The molecule has 1 aromatic heterocycles. The van der Waals surface area contributed by atoms with Crippen molar-refractivity contribution in [2.75, 3.05) is 59.2 Å². The van der Waals surface area contributed by atoms with E-state index in [1.54, 1.807) is 11.1 Å². The molecule has 3 aliphatic rings. The second-order valence-electron chi connectivity index (χ2n) is 14.9. The van der Waals surface area contributed by atoms with Crippen molar-refractivity contribution in [3.63, 3.8) is 0 Å². The first-order valence-corrected chi connectivity index (χ1v) is 18.4. The van der Waals surface area contributed by atoms with Crippen molar-refractivity contribution in [3.05, 3.63) is 96.5 Å². The summed E-state index contributed by atoms with van der Waals surface area (Å²) in [6.45, 7) is 13.7. The number of aromatic nitrogens is 1. The lowest BCUT2D eigenvalue weighted by molar-refractivity contribution is -0.111. The van der Waals surface area contributed by atoms with Gasteiger partial charge in [0.1, 0.15) is 0 Å². The second-order valence-corrected chi connectivity index (χ2v) is 14.9. The van der Waals surface area contributed by atoms with E-state index in [4.69, 9.17) is 20.8 Å². The molecule has 0 unspecified atom stereocenters. The van der Waals surface area contributed by atoms with Crippen LogP contribution in [-0.2, 0) is 11.3 Å². The first kappa shape index (κ1) is 36.9. The normalized spacial score (nSPS) is 19.0. The number of nitrogens with zero attached hydrogens (tertiary/aromatic N) is 7. The van der Waals surface area contributed by atoms with E-state index >= 15 is 0 Å². The summed E-state index contributed by atoms with van der Waals surface area (Å²) in [6, 6.07) is 16.1. The van der Waals surface area contributed by atoms with E-state index in [1.807, 2.05) is 73.7 Å². The third-order valence-electron chi connectivity index (χ3n) is 10.6. The summed E-state index contributed by atoms with van der Waals surface area (Å²) in [5, 5.41) is 10.1. The maximum absolute atomic E-state index is 12.5. The van der Waals surface area contributed by atoms with E-state index < -0.39 is 0 Å². The lowest BCUT2D eigenvalue weighted by Crippen LogP contribution is -2.51. The van der Waals surface area contributed by atoms with Gasteiger partial charge in [-0.3, -0.25) is 9.78 Å². The molecule has 2 saturated heterocycles. The Morgan fingerprint density at radius 1 is 1.04 bits per heavy atom. The number of nitrogens with one attached hydrogen (secondary N) is 2. The largest absolute Gasteiger partial charge is 0.350 e. The smallest absolute Gasteiger partial charge is 0.248 e. The fourth-order valence-electron chi connectivity index (χ4n) is 7.36. The predicted molar refractivity (Wildman–Crippen MR) is 213 cm³/mol. The van der Waals surface area contributed by atoms with Gasteiger partial charge in [0, 0.05) is 55.1 Å². The van der Waals surface area contributed by atoms with Crippen LogP contribution >= 0.6 is 0 Å². The zero-order valence-corrected chi connectivity index (χ0v) is 31.4. The number of aliphatic imine (C=N–C) groups is 2. The topological polar surface area (TPSA) is 118 Å². The van der Waals surface area contributed by atoms with Gasteiger partial charge < -0.3 is 25.3 Å². The molecule has 1 amide bonds. The summed E-state index contributed by atoms with van der Waals surface area (Å²) in [7, 11) is 6.16. The number of piperidine rings is 2. The number of pyridine rings is 1. The van der Waals surface area contributed by atoms with Gasteiger partial charge in [0.05, 0.1) is 5.69 Å². The molecule has 11 nitrogen and oxygen atoms in total. The number of anilines is 1. The maximum atomic E-state index is 12.5. The molecular weight excluding hydrogens is 649 g/mol. The molecule has 4 N–H and O–H groups in total. The number of fused-ring (bicyclic) bond motifs is 1. The highest BCUT2D eigenvalue weighted by atomic mass is 16.1. The zero-order chi connectivity index (χ0) is 36.8. The Hall–Kier alpha value is -4.84. The number of rotatable bonds is 9. The summed E-state index contributed by atoms with van der Waals surface area (Å²) in [4.78, 5) is 34.2. The number of carbonyl (C=O) groups excluding carboxylic acids is 1. The highest BCUT2D eigenvalue weighted by molar-refractivity contribution is 6.03. The second kappa shape index (κ2) is 16.2. The lowest BCUT2D eigenvalue weighted by Gasteiger charge is -2.46. The van der Waals surface area contributed by atoms with Crippen molar-refractivity contribution in [3.8, 4) is 11.3 Å². The molecule has 2 aromatic carbocycles. The molecule has 4 heterocycles. The van der Waals surface area contributed by atoms with Crippen LogP contribution in [0, 0.1) is 11.3 Å². The quantitative estimate of drug-likeness (QED) is 0.189. The molecule has 0 atom stereocenters. The van der Waals surface area contributed by atoms with E-state index in [2.05, 4.69) is 60.0 Å². The molecule has 3 aliphatic heterocycles. The summed E-state index contributed by atoms with van der Waals surface area (Å²) < 4.78 is 0. The fraction of sp³-hybridized carbons (Fsp3) is 0.415. The molecule has 6 rings (SSSR count). The molecule has 0 saturated carbocycles. The van der Waals surface area contributed by atoms with Crippen molar-refractivity contribution in [1.82, 2.24) is 30.0 Å². The van der Waals surface area contributed by atoms with Crippen LogP contribution in [0.1, 0.15) is 45.1 Å². The molecular formula is C41H54N10O. The average molecular weight is 703 g/mol.